The molecule has 0 aromatic heterocycles. The molecule has 4 nitrogen and oxygen atoms in total. The van der Waals surface area contributed by atoms with Gasteiger partial charge in [-0.1, -0.05) is 6.07 Å². The minimum Gasteiger partial charge on any atom is -0.398 e. The summed E-state index contributed by atoms with van der Waals surface area (Å²) in [6, 6.07) is 5.59. The van der Waals surface area contributed by atoms with E-state index in [4.69, 9.17) is 5.73 Å². The highest BCUT2D eigenvalue weighted by atomic mass is 32.2. The average Bonchev–Trinajstić information content (AvgIpc) is 2.39. The van der Waals surface area contributed by atoms with Crippen molar-refractivity contribution >= 4 is 21.4 Å². The number of nitrogens with one attached hydrogen (secondary N) is 1. The first-order valence-corrected chi connectivity index (χ1v) is 7.54. The van der Waals surface area contributed by atoms with E-state index in [1.54, 1.807) is 26.0 Å². The van der Waals surface area contributed by atoms with Crippen LogP contribution in [0.4, 0.5) is 20.2 Å². The summed E-state index contributed by atoms with van der Waals surface area (Å²) in [5.74, 6) is -2.00. The molecule has 0 fully saturated rings. The number of nitrogens with two attached hydrogens (primary N) is 1. The van der Waals surface area contributed by atoms with Crippen molar-refractivity contribution in [2.75, 3.05) is 10.5 Å². The Kier molecular flexibility index (Phi) is 3.87. The van der Waals surface area contributed by atoms with E-state index in [0.29, 0.717) is 28.6 Å². The van der Waals surface area contributed by atoms with Gasteiger partial charge in [-0.25, -0.2) is 17.2 Å². The lowest BCUT2D eigenvalue weighted by Crippen LogP contribution is -2.16. The van der Waals surface area contributed by atoms with Gasteiger partial charge in [0.2, 0.25) is 0 Å². The number of hydrogen-bond acceptors (Lipinski definition) is 3. The average molecular weight is 312 g/mol. The molecule has 0 saturated carbocycles. The van der Waals surface area contributed by atoms with Crippen molar-refractivity contribution in [2.45, 2.75) is 18.7 Å². The van der Waals surface area contributed by atoms with Crippen LogP contribution in [-0.2, 0) is 10.0 Å². The van der Waals surface area contributed by atoms with Crippen LogP contribution >= 0.6 is 0 Å². The number of benzene rings is 2. The van der Waals surface area contributed by atoms with Gasteiger partial charge in [-0.05, 0) is 43.2 Å². The molecule has 0 aliphatic carbocycles. The number of aryl methyl sites for hydroxylation is 1. The van der Waals surface area contributed by atoms with E-state index in [1.165, 1.54) is 0 Å². The predicted octanol–water partition coefficient (Wildman–Crippen LogP) is 2.96. The summed E-state index contributed by atoms with van der Waals surface area (Å²) < 4.78 is 53.3. The van der Waals surface area contributed by atoms with Crippen LogP contribution in [0, 0.1) is 25.5 Å². The van der Waals surface area contributed by atoms with Gasteiger partial charge in [0.15, 0.2) is 0 Å². The lowest BCUT2D eigenvalue weighted by atomic mass is 10.1. The summed E-state index contributed by atoms with van der Waals surface area (Å²) >= 11 is 0. The van der Waals surface area contributed by atoms with Gasteiger partial charge >= 0.3 is 0 Å². The van der Waals surface area contributed by atoms with Gasteiger partial charge in [0, 0.05) is 11.8 Å². The second-order valence-corrected chi connectivity index (χ2v) is 6.30. The zero-order valence-corrected chi connectivity index (χ0v) is 12.3. The molecule has 0 atom stereocenters. The van der Waals surface area contributed by atoms with Crippen LogP contribution in [0.3, 0.4) is 0 Å². The smallest absolute Gasteiger partial charge is 0.264 e. The number of sulfonamides is 1. The second kappa shape index (κ2) is 5.33. The largest absolute Gasteiger partial charge is 0.398 e. The first-order chi connectivity index (χ1) is 9.72. The maximum Gasteiger partial charge on any atom is 0.264 e. The molecule has 7 heteroatoms. The summed E-state index contributed by atoms with van der Waals surface area (Å²) in [5.41, 5.74) is 7.63. The highest BCUT2D eigenvalue weighted by molar-refractivity contribution is 7.92. The van der Waals surface area contributed by atoms with Crippen molar-refractivity contribution in [2.24, 2.45) is 0 Å². The molecule has 0 unspecified atom stereocenters. The maximum absolute atomic E-state index is 13.6. The third kappa shape index (κ3) is 2.97. The molecule has 0 heterocycles. The highest BCUT2D eigenvalue weighted by Gasteiger charge is 2.21. The van der Waals surface area contributed by atoms with E-state index in [0.717, 1.165) is 12.1 Å². The van der Waals surface area contributed by atoms with Gasteiger partial charge in [0.25, 0.3) is 10.0 Å². The van der Waals surface area contributed by atoms with E-state index >= 15 is 0 Å². The standard InChI is InChI=1S/C14H14F2N2O2S/c1-8-3-5-12(17)9(2)14(8)18-21(19,20)13-6-4-10(15)7-11(13)16/h3-7,18H,17H2,1-2H3. The van der Waals surface area contributed by atoms with E-state index in [1.807, 2.05) is 0 Å². The van der Waals surface area contributed by atoms with Gasteiger partial charge in [-0.15, -0.1) is 0 Å². The fourth-order valence-corrected chi connectivity index (χ4v) is 3.16. The molecular weight excluding hydrogens is 298 g/mol. The van der Waals surface area contributed by atoms with Gasteiger partial charge in [0.05, 0.1) is 5.69 Å². The van der Waals surface area contributed by atoms with Crippen molar-refractivity contribution in [1.29, 1.82) is 0 Å². The molecule has 21 heavy (non-hydrogen) atoms. The number of hydrogen-bond donors (Lipinski definition) is 2. The lowest BCUT2D eigenvalue weighted by Gasteiger charge is -2.15. The van der Waals surface area contributed by atoms with Crippen LogP contribution in [0.2, 0.25) is 0 Å². The third-order valence-corrected chi connectivity index (χ3v) is 4.52. The molecule has 2 rings (SSSR count). The molecule has 0 bridgehead atoms. The van der Waals surface area contributed by atoms with E-state index in [-0.39, 0.29) is 0 Å². The molecule has 0 amide bonds. The number of halogens is 2. The van der Waals surface area contributed by atoms with Crippen molar-refractivity contribution in [3.05, 3.63) is 53.1 Å². The Bertz CT molecular complexity index is 805. The summed E-state index contributed by atoms with van der Waals surface area (Å²) in [6.07, 6.45) is 0. The van der Waals surface area contributed by atoms with Crippen LogP contribution in [0.15, 0.2) is 35.2 Å². The van der Waals surface area contributed by atoms with E-state index in [2.05, 4.69) is 4.72 Å². The molecular formula is C14H14F2N2O2S. The van der Waals surface area contributed by atoms with Crippen molar-refractivity contribution < 1.29 is 17.2 Å². The minimum absolute atomic E-state index is 0.290. The minimum atomic E-state index is -4.17. The molecule has 112 valence electrons. The molecule has 0 spiro atoms. The number of anilines is 2. The Morgan fingerprint density at radius 2 is 1.76 bits per heavy atom. The van der Waals surface area contributed by atoms with Crippen molar-refractivity contribution in [1.82, 2.24) is 0 Å². The molecule has 0 aliphatic rings. The molecule has 0 aliphatic heterocycles. The molecule has 0 saturated heterocycles. The fraction of sp³-hybridized carbons (Fsp3) is 0.143. The topological polar surface area (TPSA) is 72.2 Å². The van der Waals surface area contributed by atoms with E-state index < -0.39 is 26.6 Å². The van der Waals surface area contributed by atoms with Gasteiger partial charge in [-0.2, -0.15) is 0 Å². The maximum atomic E-state index is 13.6. The second-order valence-electron chi connectivity index (χ2n) is 4.65. The molecule has 2 aromatic rings. The Hall–Kier alpha value is -2.15. The van der Waals surface area contributed by atoms with Gasteiger partial charge in [-0.3, -0.25) is 4.72 Å². The van der Waals surface area contributed by atoms with Crippen LogP contribution in [0.5, 0.6) is 0 Å². The van der Waals surface area contributed by atoms with Crippen LogP contribution in [-0.4, -0.2) is 8.42 Å². The van der Waals surface area contributed by atoms with Crippen LogP contribution in [0.25, 0.3) is 0 Å². The van der Waals surface area contributed by atoms with Crippen LogP contribution in [0.1, 0.15) is 11.1 Å². The zero-order chi connectivity index (χ0) is 15.8. The fourth-order valence-electron chi connectivity index (χ4n) is 1.90. The van der Waals surface area contributed by atoms with Crippen molar-refractivity contribution in [3.8, 4) is 0 Å². The third-order valence-electron chi connectivity index (χ3n) is 3.14. The summed E-state index contributed by atoms with van der Waals surface area (Å²) in [5, 5.41) is 0. The zero-order valence-electron chi connectivity index (χ0n) is 11.4. The Morgan fingerprint density at radius 1 is 1.10 bits per heavy atom. The quantitative estimate of drug-likeness (QED) is 0.856. The highest BCUT2D eigenvalue weighted by Crippen LogP contribution is 2.28. The summed E-state index contributed by atoms with van der Waals surface area (Å²) in [4.78, 5) is -0.620. The molecule has 0 radical (unpaired) electrons. The molecule has 3 N–H and O–H groups in total. The Labute approximate surface area is 121 Å². The number of rotatable bonds is 3. The Morgan fingerprint density at radius 3 is 2.38 bits per heavy atom. The van der Waals surface area contributed by atoms with E-state index in [9.17, 15) is 17.2 Å². The Balaban J connectivity index is 2.50. The lowest BCUT2D eigenvalue weighted by molar-refractivity contribution is 0.551. The first kappa shape index (κ1) is 15.2. The van der Waals surface area contributed by atoms with Gasteiger partial charge in [0.1, 0.15) is 16.5 Å². The summed E-state index contributed by atoms with van der Waals surface area (Å²) in [7, 11) is -4.17. The molecule has 2 aromatic carbocycles. The number of nitrogen functional groups attached to an aromatic ring is 1. The van der Waals surface area contributed by atoms with Gasteiger partial charge < -0.3 is 5.73 Å². The SMILES string of the molecule is Cc1ccc(N)c(C)c1NS(=O)(=O)c1ccc(F)cc1F. The summed E-state index contributed by atoms with van der Waals surface area (Å²) in [6.45, 7) is 3.35. The normalized spacial score (nSPS) is 11.4. The van der Waals surface area contributed by atoms with Crippen LogP contribution < -0.4 is 10.5 Å². The van der Waals surface area contributed by atoms with Crippen molar-refractivity contribution in [3.63, 3.8) is 0 Å². The predicted molar refractivity (Wildman–Crippen MR) is 77.5 cm³/mol. The monoisotopic (exact) mass is 312 g/mol. The first-order valence-electron chi connectivity index (χ1n) is 6.06.